The lowest BCUT2D eigenvalue weighted by Gasteiger charge is -2.29. The maximum atomic E-state index is 10.5. The van der Waals surface area contributed by atoms with Crippen LogP contribution in [0.5, 0.6) is 0 Å². The second kappa shape index (κ2) is 5.79. The first-order chi connectivity index (χ1) is 6.09. The van der Waals surface area contributed by atoms with E-state index in [0.29, 0.717) is 6.54 Å². The van der Waals surface area contributed by atoms with Crippen molar-refractivity contribution in [2.75, 3.05) is 26.2 Å². The van der Waals surface area contributed by atoms with Gasteiger partial charge in [0.2, 0.25) is 0 Å². The Labute approximate surface area is 86.9 Å². The Balaban J connectivity index is 0.00000169. The molecular formula is C7H12ClNO5. The highest BCUT2D eigenvalue weighted by Gasteiger charge is 2.26. The lowest BCUT2D eigenvalue weighted by molar-refractivity contribution is -0.158. The number of halogens is 1. The maximum Gasteiger partial charge on any atom is 0.334 e. The predicted molar refractivity (Wildman–Crippen MR) is 48.7 cm³/mol. The van der Waals surface area contributed by atoms with E-state index in [4.69, 9.17) is 14.9 Å². The smallest absolute Gasteiger partial charge is 0.334 e. The minimum atomic E-state index is -1.05. The van der Waals surface area contributed by atoms with Crippen molar-refractivity contribution in [3.05, 3.63) is 0 Å². The first kappa shape index (κ1) is 13.2. The average Bonchev–Trinajstić information content (AvgIpc) is 2.03. The Kier molecular flexibility index (Phi) is 5.44. The van der Waals surface area contributed by atoms with Crippen LogP contribution in [0, 0.1) is 0 Å². The summed E-state index contributed by atoms with van der Waals surface area (Å²) in [5.41, 5.74) is 0. The number of hydrogen-bond donors (Lipinski definition) is 2. The number of morpholine rings is 1. The van der Waals surface area contributed by atoms with Crippen molar-refractivity contribution in [1.29, 1.82) is 0 Å². The number of carbonyl (C=O) groups is 2. The van der Waals surface area contributed by atoms with E-state index in [9.17, 15) is 9.59 Å². The summed E-state index contributed by atoms with van der Waals surface area (Å²) in [6.45, 7) is 0.745. The zero-order chi connectivity index (χ0) is 9.84. The lowest BCUT2D eigenvalue weighted by atomic mass is 10.3. The third kappa shape index (κ3) is 3.91. The van der Waals surface area contributed by atoms with Gasteiger partial charge in [-0.15, -0.1) is 12.4 Å². The highest BCUT2D eigenvalue weighted by molar-refractivity contribution is 5.85. The van der Waals surface area contributed by atoms with E-state index in [0.717, 1.165) is 0 Å². The van der Waals surface area contributed by atoms with Crippen molar-refractivity contribution < 1.29 is 24.5 Å². The maximum absolute atomic E-state index is 10.5. The molecule has 0 aromatic heterocycles. The van der Waals surface area contributed by atoms with E-state index < -0.39 is 18.0 Å². The second-order valence-corrected chi connectivity index (χ2v) is 2.83. The number of carboxylic acids is 2. The molecule has 0 spiro atoms. The summed E-state index contributed by atoms with van der Waals surface area (Å²) in [4.78, 5) is 22.3. The van der Waals surface area contributed by atoms with E-state index in [1.54, 1.807) is 4.90 Å². The highest BCUT2D eigenvalue weighted by atomic mass is 35.5. The zero-order valence-corrected chi connectivity index (χ0v) is 8.20. The summed E-state index contributed by atoms with van der Waals surface area (Å²) in [6, 6.07) is 0. The molecule has 0 aliphatic carbocycles. The van der Waals surface area contributed by atoms with E-state index in [2.05, 4.69) is 0 Å². The number of rotatable bonds is 3. The van der Waals surface area contributed by atoms with Gasteiger partial charge in [0.15, 0.2) is 6.10 Å². The fourth-order valence-electron chi connectivity index (χ4n) is 1.19. The third-order valence-electron chi connectivity index (χ3n) is 1.78. The Morgan fingerprint density at radius 3 is 2.57 bits per heavy atom. The lowest BCUT2D eigenvalue weighted by Crippen LogP contribution is -2.47. The monoisotopic (exact) mass is 225 g/mol. The van der Waals surface area contributed by atoms with E-state index >= 15 is 0 Å². The highest BCUT2D eigenvalue weighted by Crippen LogP contribution is 2.04. The molecule has 0 radical (unpaired) electrons. The molecule has 6 nitrogen and oxygen atoms in total. The van der Waals surface area contributed by atoms with Crippen molar-refractivity contribution in [2.45, 2.75) is 6.10 Å². The standard InChI is InChI=1S/C7H11NO5.ClH/c9-6(10)4-8-1-2-13-5(3-8)7(11)12;/h5H,1-4H2,(H,9,10)(H,11,12);1H. The number of carboxylic acid groups (broad SMARTS) is 2. The molecule has 0 saturated carbocycles. The summed E-state index contributed by atoms with van der Waals surface area (Å²) in [6.07, 6.45) is -0.895. The molecule has 1 heterocycles. The van der Waals surface area contributed by atoms with E-state index in [-0.39, 0.29) is 32.1 Å². The molecule has 0 amide bonds. The molecular weight excluding hydrogens is 214 g/mol. The van der Waals surface area contributed by atoms with Gasteiger partial charge in [-0.1, -0.05) is 0 Å². The molecule has 1 unspecified atom stereocenters. The molecule has 2 N–H and O–H groups in total. The Morgan fingerprint density at radius 1 is 1.43 bits per heavy atom. The zero-order valence-electron chi connectivity index (χ0n) is 7.38. The second-order valence-electron chi connectivity index (χ2n) is 2.83. The Hall–Kier alpha value is -0.850. The fourth-order valence-corrected chi connectivity index (χ4v) is 1.19. The van der Waals surface area contributed by atoms with Crippen LogP contribution >= 0.6 is 12.4 Å². The third-order valence-corrected chi connectivity index (χ3v) is 1.78. The average molecular weight is 226 g/mol. The van der Waals surface area contributed by atoms with Crippen LogP contribution in [0.25, 0.3) is 0 Å². The number of aliphatic carboxylic acids is 2. The summed E-state index contributed by atoms with van der Waals surface area (Å²) >= 11 is 0. The SMILES string of the molecule is Cl.O=C(O)CN1CCOC(C(=O)O)C1. The van der Waals surface area contributed by atoms with Crippen LogP contribution in [0.4, 0.5) is 0 Å². The van der Waals surface area contributed by atoms with Crippen LogP contribution in [0.3, 0.4) is 0 Å². The van der Waals surface area contributed by atoms with Crippen LogP contribution in [0.2, 0.25) is 0 Å². The van der Waals surface area contributed by atoms with Crippen molar-refractivity contribution in [2.24, 2.45) is 0 Å². The summed E-state index contributed by atoms with van der Waals surface area (Å²) in [7, 11) is 0. The first-order valence-electron chi connectivity index (χ1n) is 3.88. The first-order valence-corrected chi connectivity index (χ1v) is 3.88. The molecule has 82 valence electrons. The van der Waals surface area contributed by atoms with Gasteiger partial charge in [-0.05, 0) is 0 Å². The molecule has 1 aliphatic rings. The molecule has 0 aromatic carbocycles. The van der Waals surface area contributed by atoms with E-state index in [1.165, 1.54) is 0 Å². The predicted octanol–water partition coefficient (Wildman–Crippen LogP) is -0.722. The van der Waals surface area contributed by atoms with Gasteiger partial charge in [0, 0.05) is 13.1 Å². The summed E-state index contributed by atoms with van der Waals surface area (Å²) in [5, 5.41) is 17.1. The minimum Gasteiger partial charge on any atom is -0.480 e. The normalized spacial score (nSPS) is 22.4. The van der Waals surface area contributed by atoms with Gasteiger partial charge in [0.25, 0.3) is 0 Å². The number of ether oxygens (including phenoxy) is 1. The van der Waals surface area contributed by atoms with Gasteiger partial charge in [-0.3, -0.25) is 9.69 Å². The van der Waals surface area contributed by atoms with E-state index in [1.807, 2.05) is 0 Å². The Bertz CT molecular complexity index is 222. The molecule has 0 bridgehead atoms. The van der Waals surface area contributed by atoms with Crippen LogP contribution in [-0.4, -0.2) is 59.4 Å². The van der Waals surface area contributed by atoms with Crippen LogP contribution < -0.4 is 0 Å². The summed E-state index contributed by atoms with van der Waals surface area (Å²) < 4.78 is 4.92. The van der Waals surface area contributed by atoms with Crippen LogP contribution in [0.1, 0.15) is 0 Å². The molecule has 0 aromatic rings. The van der Waals surface area contributed by atoms with Crippen LogP contribution in [0.15, 0.2) is 0 Å². The van der Waals surface area contributed by atoms with Crippen molar-refractivity contribution in [3.8, 4) is 0 Å². The molecule has 1 fully saturated rings. The number of nitrogens with zero attached hydrogens (tertiary/aromatic N) is 1. The Morgan fingerprint density at radius 2 is 2.07 bits per heavy atom. The molecule has 1 saturated heterocycles. The topological polar surface area (TPSA) is 87.1 Å². The van der Waals surface area contributed by atoms with Crippen LogP contribution in [-0.2, 0) is 14.3 Å². The quantitative estimate of drug-likeness (QED) is 0.659. The van der Waals surface area contributed by atoms with Gasteiger partial charge in [-0.25, -0.2) is 4.79 Å². The van der Waals surface area contributed by atoms with Crippen molar-refractivity contribution >= 4 is 24.3 Å². The van der Waals surface area contributed by atoms with Crippen molar-refractivity contribution in [1.82, 2.24) is 4.90 Å². The minimum absolute atomic E-state index is 0. The van der Waals surface area contributed by atoms with Crippen molar-refractivity contribution in [3.63, 3.8) is 0 Å². The molecule has 1 rings (SSSR count). The molecule has 1 aliphatic heterocycles. The van der Waals surface area contributed by atoms with Gasteiger partial charge < -0.3 is 14.9 Å². The molecule has 14 heavy (non-hydrogen) atoms. The molecule has 1 atom stereocenters. The van der Waals surface area contributed by atoms with Gasteiger partial charge in [0.1, 0.15) is 0 Å². The van der Waals surface area contributed by atoms with Gasteiger partial charge in [-0.2, -0.15) is 0 Å². The number of hydrogen-bond acceptors (Lipinski definition) is 4. The largest absolute Gasteiger partial charge is 0.480 e. The fraction of sp³-hybridized carbons (Fsp3) is 0.714. The van der Waals surface area contributed by atoms with Gasteiger partial charge in [0.05, 0.1) is 13.2 Å². The summed E-state index contributed by atoms with van der Waals surface area (Å²) in [5.74, 6) is -2.00. The van der Waals surface area contributed by atoms with Gasteiger partial charge >= 0.3 is 11.9 Å². The molecule has 7 heteroatoms.